The first kappa shape index (κ1) is 19.7. The summed E-state index contributed by atoms with van der Waals surface area (Å²) in [6.07, 6.45) is 0. The Hall–Kier alpha value is -1.33. The van der Waals surface area contributed by atoms with E-state index in [0.717, 1.165) is 11.3 Å². The molecule has 0 amide bonds. The Morgan fingerprint density at radius 2 is 1.78 bits per heavy atom. The van der Waals surface area contributed by atoms with Gasteiger partial charge >= 0.3 is 5.97 Å². The molecule has 0 aliphatic carbocycles. The molecule has 1 atom stereocenters. The molecule has 0 aliphatic rings. The first-order valence-corrected chi connectivity index (χ1v) is 8.94. The lowest BCUT2D eigenvalue weighted by Crippen LogP contribution is -2.40. The van der Waals surface area contributed by atoms with Crippen LogP contribution in [0, 0.1) is 0 Å². The maximum absolute atomic E-state index is 12.7. The van der Waals surface area contributed by atoms with Crippen LogP contribution in [0.2, 0.25) is 0 Å². The van der Waals surface area contributed by atoms with Gasteiger partial charge in [0.1, 0.15) is 11.6 Å². The van der Waals surface area contributed by atoms with Crippen LogP contribution in [0.25, 0.3) is 0 Å². The van der Waals surface area contributed by atoms with E-state index in [1.54, 1.807) is 0 Å². The standard InChI is InChI=1S/C18H27NO3S/c1-6-19(13-15(20)23-7-2)16(14-11-9-8-10-12-14)17(21)22-18(3,4)5/h8-12,16H,6-7,13H2,1-5H3. The molecule has 4 nitrogen and oxygen atoms in total. The van der Waals surface area contributed by atoms with E-state index >= 15 is 0 Å². The van der Waals surface area contributed by atoms with Crippen molar-refractivity contribution in [2.45, 2.75) is 46.3 Å². The van der Waals surface area contributed by atoms with Crippen LogP contribution in [0.1, 0.15) is 46.2 Å². The molecule has 0 saturated heterocycles. The Kier molecular flexibility index (Phi) is 7.79. The first-order chi connectivity index (χ1) is 10.8. The van der Waals surface area contributed by atoms with Crippen LogP contribution in [-0.2, 0) is 14.3 Å². The fraction of sp³-hybridized carbons (Fsp3) is 0.556. The largest absolute Gasteiger partial charge is 0.459 e. The van der Waals surface area contributed by atoms with Crippen molar-refractivity contribution < 1.29 is 14.3 Å². The lowest BCUT2D eigenvalue weighted by atomic mass is 10.0. The molecule has 0 bridgehead atoms. The molecule has 0 aromatic heterocycles. The molecule has 0 N–H and O–H groups in total. The quantitative estimate of drug-likeness (QED) is 0.710. The Morgan fingerprint density at radius 3 is 2.26 bits per heavy atom. The zero-order valence-corrected chi connectivity index (χ0v) is 15.5. The normalized spacial score (nSPS) is 13.0. The first-order valence-electron chi connectivity index (χ1n) is 7.96. The summed E-state index contributed by atoms with van der Waals surface area (Å²) in [5, 5.41) is 0.0684. The van der Waals surface area contributed by atoms with Crippen LogP contribution in [0.3, 0.4) is 0 Å². The number of benzene rings is 1. The topological polar surface area (TPSA) is 46.6 Å². The molecule has 128 valence electrons. The maximum atomic E-state index is 12.7. The summed E-state index contributed by atoms with van der Waals surface area (Å²) in [6.45, 7) is 10.3. The molecule has 0 heterocycles. The van der Waals surface area contributed by atoms with Crippen LogP contribution >= 0.6 is 11.8 Å². The fourth-order valence-electron chi connectivity index (χ4n) is 2.25. The van der Waals surface area contributed by atoms with Crippen molar-refractivity contribution in [1.82, 2.24) is 4.90 Å². The molecule has 0 saturated carbocycles. The summed E-state index contributed by atoms with van der Waals surface area (Å²) in [6, 6.07) is 8.92. The molecular formula is C18H27NO3S. The second-order valence-corrected chi connectivity index (χ2v) is 7.54. The summed E-state index contributed by atoms with van der Waals surface area (Å²) in [4.78, 5) is 26.6. The zero-order chi connectivity index (χ0) is 17.5. The number of hydrogen-bond acceptors (Lipinski definition) is 5. The van der Waals surface area contributed by atoms with Gasteiger partial charge in [-0.25, -0.2) is 4.79 Å². The Bertz CT molecular complexity index is 511. The van der Waals surface area contributed by atoms with E-state index in [1.807, 2.05) is 69.9 Å². The van der Waals surface area contributed by atoms with Gasteiger partial charge in [-0.3, -0.25) is 9.69 Å². The fourth-order valence-corrected chi connectivity index (χ4v) is 2.83. The molecule has 0 radical (unpaired) electrons. The SMILES string of the molecule is CCSC(=O)CN(CC)C(C(=O)OC(C)(C)C)c1ccccc1. The number of nitrogens with zero attached hydrogens (tertiary/aromatic N) is 1. The van der Waals surface area contributed by atoms with Gasteiger partial charge in [0.25, 0.3) is 0 Å². The molecule has 23 heavy (non-hydrogen) atoms. The Labute approximate surface area is 143 Å². The van der Waals surface area contributed by atoms with Gasteiger partial charge in [0.2, 0.25) is 5.12 Å². The van der Waals surface area contributed by atoms with Crippen molar-refractivity contribution in [3.63, 3.8) is 0 Å². The predicted molar refractivity (Wildman–Crippen MR) is 95.4 cm³/mol. The molecule has 0 spiro atoms. The minimum absolute atomic E-state index is 0.0684. The van der Waals surface area contributed by atoms with Gasteiger partial charge in [0.15, 0.2) is 0 Å². The van der Waals surface area contributed by atoms with Crippen LogP contribution < -0.4 is 0 Å². The Morgan fingerprint density at radius 1 is 1.17 bits per heavy atom. The maximum Gasteiger partial charge on any atom is 0.328 e. The molecule has 1 aromatic rings. The van der Waals surface area contributed by atoms with E-state index in [-0.39, 0.29) is 17.6 Å². The van der Waals surface area contributed by atoms with Gasteiger partial charge in [-0.05, 0) is 38.6 Å². The third kappa shape index (κ3) is 6.75. The number of carbonyl (C=O) groups is 2. The molecular weight excluding hydrogens is 310 g/mol. The lowest BCUT2D eigenvalue weighted by molar-refractivity contribution is -0.161. The average Bonchev–Trinajstić information content (AvgIpc) is 2.46. The number of thioether (sulfide) groups is 1. The zero-order valence-electron chi connectivity index (χ0n) is 14.7. The molecule has 1 unspecified atom stereocenters. The van der Waals surface area contributed by atoms with Crippen LogP contribution in [0.15, 0.2) is 30.3 Å². The monoisotopic (exact) mass is 337 g/mol. The van der Waals surface area contributed by atoms with Gasteiger partial charge in [-0.1, -0.05) is 55.9 Å². The van der Waals surface area contributed by atoms with Gasteiger partial charge in [0, 0.05) is 0 Å². The Balaban J connectivity index is 3.06. The minimum atomic E-state index is -0.568. The van der Waals surface area contributed by atoms with Crippen molar-refractivity contribution >= 4 is 22.8 Å². The summed E-state index contributed by atoms with van der Waals surface area (Å²) >= 11 is 1.28. The van der Waals surface area contributed by atoms with E-state index in [4.69, 9.17) is 4.74 Å². The summed E-state index contributed by atoms with van der Waals surface area (Å²) in [7, 11) is 0. The minimum Gasteiger partial charge on any atom is -0.459 e. The van der Waals surface area contributed by atoms with Crippen LogP contribution in [-0.4, -0.2) is 40.4 Å². The molecule has 5 heteroatoms. The lowest BCUT2D eigenvalue weighted by Gasteiger charge is -2.31. The van der Waals surface area contributed by atoms with Gasteiger partial charge in [0.05, 0.1) is 6.54 Å². The van der Waals surface area contributed by atoms with E-state index in [0.29, 0.717) is 6.54 Å². The second-order valence-electron chi connectivity index (χ2n) is 6.21. The van der Waals surface area contributed by atoms with E-state index in [9.17, 15) is 9.59 Å². The van der Waals surface area contributed by atoms with Crippen molar-refractivity contribution in [1.29, 1.82) is 0 Å². The van der Waals surface area contributed by atoms with E-state index in [1.165, 1.54) is 11.8 Å². The number of carbonyl (C=O) groups excluding carboxylic acids is 2. The highest BCUT2D eigenvalue weighted by Crippen LogP contribution is 2.25. The third-order valence-electron chi connectivity index (χ3n) is 3.15. The summed E-state index contributed by atoms with van der Waals surface area (Å²) in [5.41, 5.74) is 0.281. The van der Waals surface area contributed by atoms with Gasteiger partial charge in [-0.2, -0.15) is 0 Å². The number of hydrogen-bond donors (Lipinski definition) is 0. The highest BCUT2D eigenvalue weighted by Gasteiger charge is 2.32. The van der Waals surface area contributed by atoms with Gasteiger partial charge < -0.3 is 4.74 Å². The van der Waals surface area contributed by atoms with Gasteiger partial charge in [-0.15, -0.1) is 0 Å². The number of rotatable bonds is 7. The predicted octanol–water partition coefficient (Wildman–Crippen LogP) is 3.67. The summed E-state index contributed by atoms with van der Waals surface area (Å²) in [5.74, 6) is 0.415. The van der Waals surface area contributed by atoms with Crippen molar-refractivity contribution in [3.8, 4) is 0 Å². The molecule has 0 fully saturated rings. The number of likely N-dealkylation sites (N-methyl/N-ethyl adjacent to an activating group) is 1. The highest BCUT2D eigenvalue weighted by atomic mass is 32.2. The number of esters is 1. The number of ether oxygens (including phenoxy) is 1. The van der Waals surface area contributed by atoms with E-state index in [2.05, 4.69) is 0 Å². The molecule has 1 aromatic carbocycles. The smallest absolute Gasteiger partial charge is 0.328 e. The highest BCUT2D eigenvalue weighted by molar-refractivity contribution is 8.13. The van der Waals surface area contributed by atoms with Crippen molar-refractivity contribution in [2.24, 2.45) is 0 Å². The average molecular weight is 337 g/mol. The second kappa shape index (κ2) is 9.08. The molecule has 1 rings (SSSR count). The van der Waals surface area contributed by atoms with Crippen LogP contribution in [0.5, 0.6) is 0 Å². The van der Waals surface area contributed by atoms with E-state index < -0.39 is 11.6 Å². The molecule has 0 aliphatic heterocycles. The van der Waals surface area contributed by atoms with Crippen molar-refractivity contribution in [3.05, 3.63) is 35.9 Å². The summed E-state index contributed by atoms with van der Waals surface area (Å²) < 4.78 is 5.58. The van der Waals surface area contributed by atoms with Crippen molar-refractivity contribution in [2.75, 3.05) is 18.8 Å². The third-order valence-corrected chi connectivity index (χ3v) is 3.89. The van der Waals surface area contributed by atoms with Crippen LogP contribution in [0.4, 0.5) is 0 Å².